The highest BCUT2D eigenvalue weighted by atomic mass is 35.5. The lowest BCUT2D eigenvalue weighted by atomic mass is 10.1. The summed E-state index contributed by atoms with van der Waals surface area (Å²) < 4.78 is 5.18. The Kier molecular flexibility index (Phi) is 4.39. The summed E-state index contributed by atoms with van der Waals surface area (Å²) in [5, 5.41) is 3.60. The van der Waals surface area contributed by atoms with Crippen LogP contribution >= 0.6 is 11.6 Å². The van der Waals surface area contributed by atoms with Crippen molar-refractivity contribution in [2.45, 2.75) is 33.2 Å². The Bertz CT molecular complexity index is 537. The molecule has 0 aromatic heterocycles. The number of carbonyl (C=O) groups excluding carboxylic acids is 1. The van der Waals surface area contributed by atoms with Crippen molar-refractivity contribution in [1.82, 2.24) is 5.32 Å². The van der Waals surface area contributed by atoms with E-state index in [9.17, 15) is 4.79 Å². The van der Waals surface area contributed by atoms with Crippen LogP contribution in [0.1, 0.15) is 43.1 Å². The molecule has 2 rings (SSSR count). The van der Waals surface area contributed by atoms with Gasteiger partial charge in [0, 0.05) is 16.6 Å². The van der Waals surface area contributed by atoms with Crippen molar-refractivity contribution in [3.63, 3.8) is 0 Å². The minimum absolute atomic E-state index is 0.0841. The molecular formula is C16H20ClNO2. The Morgan fingerprint density at radius 2 is 2.25 bits per heavy atom. The molecule has 1 aromatic rings. The Morgan fingerprint density at radius 1 is 1.55 bits per heavy atom. The number of rotatable bonds is 5. The van der Waals surface area contributed by atoms with Crippen LogP contribution in [-0.2, 0) is 4.74 Å². The Labute approximate surface area is 125 Å². The van der Waals surface area contributed by atoms with E-state index in [0.29, 0.717) is 17.2 Å². The monoisotopic (exact) mass is 293 g/mol. The molecule has 1 aliphatic carbocycles. The van der Waals surface area contributed by atoms with E-state index < -0.39 is 0 Å². The van der Waals surface area contributed by atoms with Gasteiger partial charge in [0.25, 0.3) is 5.91 Å². The van der Waals surface area contributed by atoms with Crippen molar-refractivity contribution in [1.29, 1.82) is 0 Å². The van der Waals surface area contributed by atoms with Gasteiger partial charge in [-0.2, -0.15) is 0 Å². The van der Waals surface area contributed by atoms with Gasteiger partial charge in [0.15, 0.2) is 0 Å². The molecule has 0 bridgehead atoms. The third kappa shape index (κ3) is 3.54. The average molecular weight is 294 g/mol. The molecule has 1 aromatic carbocycles. The van der Waals surface area contributed by atoms with Crippen LogP contribution in [0.5, 0.6) is 0 Å². The first-order valence-corrected chi connectivity index (χ1v) is 7.20. The number of benzene rings is 1. The van der Waals surface area contributed by atoms with Crippen LogP contribution in [-0.4, -0.2) is 18.6 Å². The van der Waals surface area contributed by atoms with E-state index in [4.69, 9.17) is 16.3 Å². The number of carbonyl (C=O) groups is 1. The van der Waals surface area contributed by atoms with Crippen LogP contribution < -0.4 is 5.32 Å². The number of nitrogens with one attached hydrogen (secondary N) is 1. The summed E-state index contributed by atoms with van der Waals surface area (Å²) in [7, 11) is 0. The predicted octanol–water partition coefficient (Wildman–Crippen LogP) is 3.88. The maximum Gasteiger partial charge on any atom is 0.252 e. The van der Waals surface area contributed by atoms with E-state index in [1.54, 1.807) is 24.5 Å². The van der Waals surface area contributed by atoms with Crippen molar-refractivity contribution in [2.75, 3.05) is 6.61 Å². The van der Waals surface area contributed by atoms with Crippen LogP contribution in [0.25, 0.3) is 6.08 Å². The van der Waals surface area contributed by atoms with Gasteiger partial charge in [-0.3, -0.25) is 4.79 Å². The first-order valence-electron chi connectivity index (χ1n) is 6.82. The highest BCUT2D eigenvalue weighted by Crippen LogP contribution is 2.44. The summed E-state index contributed by atoms with van der Waals surface area (Å²) >= 11 is 6.00. The first kappa shape index (κ1) is 14.9. The molecule has 20 heavy (non-hydrogen) atoms. The van der Waals surface area contributed by atoms with Crippen molar-refractivity contribution >= 4 is 23.6 Å². The van der Waals surface area contributed by atoms with Crippen LogP contribution in [0, 0.1) is 5.41 Å². The zero-order valence-corrected chi connectivity index (χ0v) is 12.8. The summed E-state index contributed by atoms with van der Waals surface area (Å²) in [6, 6.07) is 5.53. The van der Waals surface area contributed by atoms with E-state index >= 15 is 0 Å². The van der Waals surface area contributed by atoms with Gasteiger partial charge in [-0.05, 0) is 42.5 Å². The SMILES string of the molecule is CCO/C=C/c1ccc(Cl)cc1C(=O)NC1CC1(C)C. The third-order valence-corrected chi connectivity index (χ3v) is 3.82. The molecule has 108 valence electrons. The number of amides is 1. The fourth-order valence-electron chi connectivity index (χ4n) is 2.04. The van der Waals surface area contributed by atoms with Crippen LogP contribution in [0.15, 0.2) is 24.5 Å². The molecular weight excluding hydrogens is 274 g/mol. The topological polar surface area (TPSA) is 38.3 Å². The number of hydrogen-bond donors (Lipinski definition) is 1. The second-order valence-electron chi connectivity index (χ2n) is 5.71. The number of hydrogen-bond acceptors (Lipinski definition) is 2. The number of ether oxygens (including phenoxy) is 1. The standard InChI is InChI=1S/C16H20ClNO2/c1-4-20-8-7-11-5-6-12(17)9-13(11)15(19)18-14-10-16(14,2)3/h5-9,14H,4,10H2,1-3H3,(H,18,19)/b8-7+. The minimum atomic E-state index is -0.0841. The summed E-state index contributed by atoms with van der Waals surface area (Å²) in [5.74, 6) is -0.0841. The van der Waals surface area contributed by atoms with E-state index in [1.165, 1.54) is 0 Å². The predicted molar refractivity (Wildman–Crippen MR) is 81.8 cm³/mol. The molecule has 1 amide bonds. The van der Waals surface area contributed by atoms with Crippen molar-refractivity contribution in [3.8, 4) is 0 Å². The number of halogens is 1. The van der Waals surface area contributed by atoms with Gasteiger partial charge >= 0.3 is 0 Å². The lowest BCUT2D eigenvalue weighted by Crippen LogP contribution is -2.28. The van der Waals surface area contributed by atoms with Gasteiger partial charge in [0.2, 0.25) is 0 Å². The molecule has 4 heteroatoms. The fraction of sp³-hybridized carbons (Fsp3) is 0.438. The zero-order valence-electron chi connectivity index (χ0n) is 12.1. The van der Waals surface area contributed by atoms with Gasteiger partial charge in [-0.1, -0.05) is 31.5 Å². The normalized spacial score (nSPS) is 19.9. The van der Waals surface area contributed by atoms with Gasteiger partial charge in [-0.15, -0.1) is 0 Å². The van der Waals surface area contributed by atoms with Crippen LogP contribution in [0.4, 0.5) is 0 Å². The largest absolute Gasteiger partial charge is 0.501 e. The molecule has 1 unspecified atom stereocenters. The molecule has 0 heterocycles. The maximum atomic E-state index is 12.3. The lowest BCUT2D eigenvalue weighted by Gasteiger charge is -2.10. The maximum absolute atomic E-state index is 12.3. The highest BCUT2D eigenvalue weighted by molar-refractivity contribution is 6.31. The Morgan fingerprint density at radius 3 is 2.85 bits per heavy atom. The molecule has 3 nitrogen and oxygen atoms in total. The molecule has 0 saturated heterocycles. The molecule has 1 aliphatic rings. The van der Waals surface area contributed by atoms with Gasteiger partial charge < -0.3 is 10.1 Å². The summed E-state index contributed by atoms with van der Waals surface area (Å²) in [6.45, 7) is 6.80. The summed E-state index contributed by atoms with van der Waals surface area (Å²) in [6.07, 6.45) is 4.40. The molecule has 1 saturated carbocycles. The quantitative estimate of drug-likeness (QED) is 0.837. The minimum Gasteiger partial charge on any atom is -0.501 e. The summed E-state index contributed by atoms with van der Waals surface area (Å²) in [5.41, 5.74) is 1.59. The average Bonchev–Trinajstić information content (AvgIpc) is 2.98. The van der Waals surface area contributed by atoms with Gasteiger partial charge in [-0.25, -0.2) is 0 Å². The summed E-state index contributed by atoms with van der Waals surface area (Å²) in [4.78, 5) is 12.3. The second-order valence-corrected chi connectivity index (χ2v) is 6.14. The Hall–Kier alpha value is -1.48. The molecule has 0 aliphatic heterocycles. The lowest BCUT2D eigenvalue weighted by molar-refractivity contribution is 0.0946. The van der Waals surface area contributed by atoms with Gasteiger partial charge in [0.1, 0.15) is 0 Å². The smallest absolute Gasteiger partial charge is 0.252 e. The fourth-order valence-corrected chi connectivity index (χ4v) is 2.21. The van der Waals surface area contributed by atoms with E-state index in [1.807, 2.05) is 13.0 Å². The molecule has 1 fully saturated rings. The van der Waals surface area contributed by atoms with Crippen molar-refractivity contribution in [3.05, 3.63) is 40.6 Å². The first-order chi connectivity index (χ1) is 9.44. The van der Waals surface area contributed by atoms with Crippen LogP contribution in [0.2, 0.25) is 5.02 Å². The van der Waals surface area contributed by atoms with Crippen molar-refractivity contribution in [2.24, 2.45) is 5.41 Å². The molecule has 1 atom stereocenters. The Balaban J connectivity index is 2.16. The molecule has 0 spiro atoms. The van der Waals surface area contributed by atoms with E-state index in [2.05, 4.69) is 19.2 Å². The van der Waals surface area contributed by atoms with Crippen molar-refractivity contribution < 1.29 is 9.53 Å². The van der Waals surface area contributed by atoms with Crippen LogP contribution in [0.3, 0.4) is 0 Å². The third-order valence-electron chi connectivity index (χ3n) is 3.59. The zero-order chi connectivity index (χ0) is 14.8. The van der Waals surface area contributed by atoms with Gasteiger partial charge in [0.05, 0.1) is 12.9 Å². The van der Waals surface area contributed by atoms with E-state index in [0.717, 1.165) is 12.0 Å². The second kappa shape index (κ2) is 5.88. The molecule has 0 radical (unpaired) electrons. The van der Waals surface area contributed by atoms with E-state index in [-0.39, 0.29) is 17.4 Å². The highest BCUT2D eigenvalue weighted by Gasteiger charge is 2.46. The molecule has 1 N–H and O–H groups in total.